The van der Waals surface area contributed by atoms with E-state index < -0.39 is 0 Å². The standard InChI is InChI=1S/C32H31N3O2.C13H20N2.C9H11FO/c1-2-6-22-11-14-25(15-12-22)31-34-21-28(32(36)35(31)18-17-23-7-5-8-23)33-20-24-13-16-30-27(19-24)26-9-3-4-10-29(26)37-30;1-4-5-12-6-7-15-10-13(12)8-11(2)9-14-3;1-2-7-11-9-5-3-8(10)4-6-9/h3-4,9-17,19,21,33H,2,5-8,18,20H2,1H3;6-8,10,14H,4-5,9H2,1-3H3;3-6H,2,7H2,1H3/b;11-8+;. The summed E-state index contributed by atoms with van der Waals surface area (Å²) in [5, 5.41) is 8.68. The summed E-state index contributed by atoms with van der Waals surface area (Å²) in [6.45, 7) is 11.2. The van der Waals surface area contributed by atoms with Gasteiger partial charge in [0.2, 0.25) is 0 Å². The molecule has 0 amide bonds. The molecule has 8 nitrogen and oxygen atoms in total. The van der Waals surface area contributed by atoms with Crippen LogP contribution in [-0.2, 0) is 25.9 Å². The molecule has 0 spiro atoms. The molecule has 63 heavy (non-hydrogen) atoms. The maximum Gasteiger partial charge on any atom is 0.277 e. The first-order valence-corrected chi connectivity index (χ1v) is 22.4. The molecule has 2 N–H and O–H groups in total. The molecule has 1 aliphatic carbocycles. The molecule has 7 aromatic rings. The zero-order valence-corrected chi connectivity index (χ0v) is 37.6. The number of ether oxygens (including phenoxy) is 1. The molecule has 0 bridgehead atoms. The van der Waals surface area contributed by atoms with E-state index in [9.17, 15) is 9.18 Å². The number of nitrogens with one attached hydrogen (secondary N) is 2. The summed E-state index contributed by atoms with van der Waals surface area (Å²) in [6, 6.07) is 30.8. The summed E-state index contributed by atoms with van der Waals surface area (Å²) in [6.07, 6.45) is 18.8. The second-order valence-corrected chi connectivity index (χ2v) is 16.0. The van der Waals surface area contributed by atoms with Crippen molar-refractivity contribution in [1.29, 1.82) is 0 Å². The fourth-order valence-corrected chi connectivity index (χ4v) is 7.42. The number of hydrogen-bond donors (Lipinski definition) is 2. The molecule has 3 aromatic heterocycles. The van der Waals surface area contributed by atoms with Gasteiger partial charge < -0.3 is 19.8 Å². The molecule has 1 fully saturated rings. The second kappa shape index (κ2) is 23.8. The van der Waals surface area contributed by atoms with E-state index in [4.69, 9.17) is 14.1 Å². The number of rotatable bonds is 16. The lowest BCUT2D eigenvalue weighted by molar-refractivity contribution is 0.317. The Morgan fingerprint density at radius 2 is 1.60 bits per heavy atom. The number of benzene rings is 4. The molecule has 0 saturated heterocycles. The van der Waals surface area contributed by atoms with E-state index in [0.29, 0.717) is 31.2 Å². The minimum atomic E-state index is -0.228. The average Bonchev–Trinajstić information content (AvgIpc) is 3.65. The number of furan rings is 1. The topological polar surface area (TPSA) is 94.2 Å². The summed E-state index contributed by atoms with van der Waals surface area (Å²) in [4.78, 5) is 22.6. The molecule has 8 rings (SSSR count). The fraction of sp³-hybridized carbons (Fsp3) is 0.315. The van der Waals surface area contributed by atoms with E-state index in [1.807, 2.05) is 56.7 Å². The van der Waals surface area contributed by atoms with Crippen LogP contribution in [0.3, 0.4) is 0 Å². The number of hydrogen-bond acceptors (Lipinski definition) is 7. The van der Waals surface area contributed by atoms with Gasteiger partial charge in [0.05, 0.1) is 12.8 Å². The van der Waals surface area contributed by atoms with Crippen molar-refractivity contribution >= 4 is 33.7 Å². The summed E-state index contributed by atoms with van der Waals surface area (Å²) >= 11 is 0. The summed E-state index contributed by atoms with van der Waals surface area (Å²) in [5.74, 6) is 1.21. The number of halogens is 1. The Labute approximate surface area is 372 Å². The van der Waals surface area contributed by atoms with E-state index in [-0.39, 0.29) is 11.4 Å². The van der Waals surface area contributed by atoms with Crippen LogP contribution in [0.4, 0.5) is 10.1 Å². The third kappa shape index (κ3) is 13.1. The van der Waals surface area contributed by atoms with Gasteiger partial charge in [0.1, 0.15) is 34.2 Å². The van der Waals surface area contributed by atoms with Crippen molar-refractivity contribution in [2.75, 3.05) is 25.5 Å². The van der Waals surface area contributed by atoms with Crippen LogP contribution in [0.25, 0.3) is 39.4 Å². The highest BCUT2D eigenvalue weighted by Crippen LogP contribution is 2.30. The second-order valence-electron chi connectivity index (χ2n) is 16.0. The third-order valence-electron chi connectivity index (χ3n) is 10.9. The lowest BCUT2D eigenvalue weighted by atomic mass is 9.92. The van der Waals surface area contributed by atoms with Crippen LogP contribution in [0.5, 0.6) is 5.75 Å². The van der Waals surface area contributed by atoms with Crippen molar-refractivity contribution in [2.24, 2.45) is 0 Å². The van der Waals surface area contributed by atoms with Crippen LogP contribution in [0.2, 0.25) is 0 Å². The predicted molar refractivity (Wildman–Crippen MR) is 259 cm³/mol. The average molecular weight is 848 g/mol. The van der Waals surface area contributed by atoms with E-state index in [1.165, 1.54) is 52.8 Å². The number of anilines is 1. The van der Waals surface area contributed by atoms with Gasteiger partial charge in [0.15, 0.2) is 0 Å². The van der Waals surface area contributed by atoms with Gasteiger partial charge in [-0.2, -0.15) is 0 Å². The lowest BCUT2D eigenvalue weighted by Crippen LogP contribution is -2.26. The molecule has 3 heterocycles. The monoisotopic (exact) mass is 847 g/mol. The first-order chi connectivity index (χ1) is 30.8. The summed E-state index contributed by atoms with van der Waals surface area (Å²) in [5.41, 5.74) is 11.0. The normalized spacial score (nSPS) is 12.2. The molecule has 4 aromatic carbocycles. The van der Waals surface area contributed by atoms with Crippen LogP contribution in [0, 0.1) is 5.82 Å². The quantitative estimate of drug-likeness (QED) is 0.0935. The third-order valence-corrected chi connectivity index (χ3v) is 10.9. The molecule has 328 valence electrons. The maximum atomic E-state index is 13.6. The van der Waals surface area contributed by atoms with Gasteiger partial charge in [0, 0.05) is 48.4 Å². The van der Waals surface area contributed by atoms with Crippen LogP contribution in [0.1, 0.15) is 88.5 Å². The Balaban J connectivity index is 0.000000208. The minimum Gasteiger partial charge on any atom is -0.494 e. The van der Waals surface area contributed by atoms with Gasteiger partial charge in [-0.05, 0) is 123 Å². The van der Waals surface area contributed by atoms with E-state index >= 15 is 0 Å². The van der Waals surface area contributed by atoms with E-state index in [1.54, 1.807) is 22.9 Å². The highest BCUT2D eigenvalue weighted by molar-refractivity contribution is 6.05. The highest BCUT2D eigenvalue weighted by atomic mass is 19.1. The van der Waals surface area contributed by atoms with Crippen LogP contribution in [0.15, 0.2) is 142 Å². The molecule has 0 unspecified atom stereocenters. The maximum absolute atomic E-state index is 13.6. The molecule has 0 aliphatic heterocycles. The van der Waals surface area contributed by atoms with Crippen molar-refractivity contribution in [1.82, 2.24) is 19.9 Å². The Bertz CT molecular complexity index is 2640. The van der Waals surface area contributed by atoms with Crippen LogP contribution in [-0.4, -0.2) is 34.7 Å². The Morgan fingerprint density at radius 3 is 2.32 bits per heavy atom. The van der Waals surface area contributed by atoms with Crippen molar-refractivity contribution in [3.8, 4) is 17.1 Å². The van der Waals surface area contributed by atoms with Crippen molar-refractivity contribution in [3.63, 3.8) is 0 Å². The Hall–Kier alpha value is -6.32. The number of nitrogens with zero attached hydrogens (tertiary/aromatic N) is 3. The van der Waals surface area contributed by atoms with Gasteiger partial charge in [-0.1, -0.05) is 105 Å². The van der Waals surface area contributed by atoms with Crippen molar-refractivity contribution < 1.29 is 13.5 Å². The predicted octanol–water partition coefficient (Wildman–Crippen LogP) is 12.8. The van der Waals surface area contributed by atoms with Crippen molar-refractivity contribution in [3.05, 3.63) is 171 Å². The molecular weight excluding hydrogens is 786 g/mol. The van der Waals surface area contributed by atoms with Crippen molar-refractivity contribution in [2.45, 2.75) is 92.2 Å². The highest BCUT2D eigenvalue weighted by Gasteiger charge is 2.15. The molecule has 1 aliphatic rings. The number of likely N-dealkylation sites (N-methyl/N-ethyl adjacent to an activating group) is 1. The zero-order chi connectivity index (χ0) is 44.4. The smallest absolute Gasteiger partial charge is 0.277 e. The zero-order valence-electron chi connectivity index (χ0n) is 37.6. The lowest BCUT2D eigenvalue weighted by Gasteiger charge is -2.18. The van der Waals surface area contributed by atoms with Gasteiger partial charge >= 0.3 is 0 Å². The Kier molecular flexibility index (Phi) is 17.4. The molecule has 1 saturated carbocycles. The first kappa shape index (κ1) is 46.2. The molecular formula is C54H62FN5O3. The number of aromatic nitrogens is 3. The van der Waals surface area contributed by atoms with E-state index in [0.717, 1.165) is 83.9 Å². The molecule has 0 radical (unpaired) electrons. The van der Waals surface area contributed by atoms with Crippen LogP contribution < -0.4 is 20.9 Å². The van der Waals surface area contributed by atoms with Gasteiger partial charge in [-0.15, -0.1) is 0 Å². The minimum absolute atomic E-state index is 0.0475. The van der Waals surface area contributed by atoms with Gasteiger partial charge in [0.25, 0.3) is 5.56 Å². The molecule has 9 heteroatoms. The Morgan fingerprint density at radius 1 is 0.857 bits per heavy atom. The summed E-state index contributed by atoms with van der Waals surface area (Å²) < 4.78 is 25.3. The number of aryl methyl sites for hydroxylation is 2. The van der Waals surface area contributed by atoms with Gasteiger partial charge in [-0.25, -0.2) is 9.37 Å². The largest absolute Gasteiger partial charge is 0.494 e. The SMILES string of the molecule is CCCOc1ccc(F)cc1.CCCc1ccc(-c2ncc(NCc3ccc4oc5ccccc5c4c3)c(=O)n2CC=C2CCC2)cc1.CCCc1ccncc1/C=C(\C)CNC. The first-order valence-electron chi connectivity index (χ1n) is 22.4. The fourth-order valence-electron chi connectivity index (χ4n) is 7.42. The molecule has 0 atom stereocenters. The number of pyridine rings is 1. The van der Waals surface area contributed by atoms with E-state index in [2.05, 4.69) is 91.0 Å². The summed E-state index contributed by atoms with van der Waals surface area (Å²) in [7, 11) is 1.97. The number of fused-ring (bicyclic) bond motifs is 3. The van der Waals surface area contributed by atoms with Crippen LogP contribution >= 0.6 is 0 Å². The number of para-hydroxylation sites is 1. The van der Waals surface area contributed by atoms with Gasteiger partial charge in [-0.3, -0.25) is 14.3 Å². The number of allylic oxidation sites excluding steroid dienone is 2.